The van der Waals surface area contributed by atoms with Crippen LogP contribution >= 0.6 is 0 Å². The lowest BCUT2D eigenvalue weighted by molar-refractivity contribution is 0.197. The largest absolute Gasteiger partial charge is 0.396 e. The quantitative estimate of drug-likeness (QED) is 0.788. The van der Waals surface area contributed by atoms with Gasteiger partial charge in [0.2, 0.25) is 0 Å². The van der Waals surface area contributed by atoms with Crippen molar-refractivity contribution in [3.05, 3.63) is 35.9 Å². The summed E-state index contributed by atoms with van der Waals surface area (Å²) in [5.74, 6) is 0.573. The number of hydrogen-bond acceptors (Lipinski definition) is 2. The maximum Gasteiger partial charge on any atom is 0.0446 e. The third kappa shape index (κ3) is 5.75. The van der Waals surface area contributed by atoms with Gasteiger partial charge in [0.15, 0.2) is 0 Å². The first-order valence-electron chi connectivity index (χ1n) is 7.34. The van der Waals surface area contributed by atoms with Crippen molar-refractivity contribution in [3.63, 3.8) is 0 Å². The molecule has 0 aliphatic heterocycles. The molecule has 19 heavy (non-hydrogen) atoms. The SMILES string of the molecule is CC(CCNC(CCO)C(C)(C)C)c1ccccc1. The fourth-order valence-electron chi connectivity index (χ4n) is 2.39. The summed E-state index contributed by atoms with van der Waals surface area (Å²) in [6.45, 7) is 10.2. The first-order valence-corrected chi connectivity index (χ1v) is 7.34. The summed E-state index contributed by atoms with van der Waals surface area (Å²) in [6, 6.07) is 11.0. The average Bonchev–Trinajstić information content (AvgIpc) is 2.37. The van der Waals surface area contributed by atoms with Gasteiger partial charge in [-0.1, -0.05) is 58.0 Å². The van der Waals surface area contributed by atoms with Gasteiger partial charge in [0, 0.05) is 12.6 Å². The number of aliphatic hydroxyl groups is 1. The lowest BCUT2D eigenvalue weighted by Gasteiger charge is -2.31. The molecule has 2 unspecified atom stereocenters. The summed E-state index contributed by atoms with van der Waals surface area (Å²) in [4.78, 5) is 0. The minimum Gasteiger partial charge on any atom is -0.396 e. The zero-order valence-corrected chi connectivity index (χ0v) is 12.8. The van der Waals surface area contributed by atoms with Gasteiger partial charge in [0.1, 0.15) is 0 Å². The van der Waals surface area contributed by atoms with E-state index in [2.05, 4.69) is 63.3 Å². The summed E-state index contributed by atoms with van der Waals surface area (Å²) in [7, 11) is 0. The molecule has 108 valence electrons. The van der Waals surface area contributed by atoms with Crippen molar-refractivity contribution in [3.8, 4) is 0 Å². The van der Waals surface area contributed by atoms with Gasteiger partial charge in [0.25, 0.3) is 0 Å². The normalized spacial score (nSPS) is 15.2. The molecular weight excluding hydrogens is 234 g/mol. The van der Waals surface area contributed by atoms with Crippen LogP contribution in [-0.4, -0.2) is 24.3 Å². The number of rotatable bonds is 7. The van der Waals surface area contributed by atoms with E-state index in [0.717, 1.165) is 19.4 Å². The predicted molar refractivity (Wildman–Crippen MR) is 82.4 cm³/mol. The van der Waals surface area contributed by atoms with Crippen LogP contribution in [0.2, 0.25) is 0 Å². The van der Waals surface area contributed by atoms with Crippen LogP contribution in [0.1, 0.15) is 52.0 Å². The minimum atomic E-state index is 0.193. The smallest absolute Gasteiger partial charge is 0.0446 e. The summed E-state index contributed by atoms with van der Waals surface area (Å²) >= 11 is 0. The first-order chi connectivity index (χ1) is 8.95. The molecule has 0 spiro atoms. The van der Waals surface area contributed by atoms with E-state index in [4.69, 9.17) is 5.11 Å². The molecule has 2 atom stereocenters. The average molecular weight is 263 g/mol. The Hall–Kier alpha value is -0.860. The van der Waals surface area contributed by atoms with Gasteiger partial charge in [-0.25, -0.2) is 0 Å². The van der Waals surface area contributed by atoms with Gasteiger partial charge in [-0.3, -0.25) is 0 Å². The van der Waals surface area contributed by atoms with Crippen molar-refractivity contribution in [1.82, 2.24) is 5.32 Å². The van der Waals surface area contributed by atoms with Gasteiger partial charge >= 0.3 is 0 Å². The van der Waals surface area contributed by atoms with Gasteiger partial charge in [-0.15, -0.1) is 0 Å². The Balaban J connectivity index is 2.40. The van der Waals surface area contributed by atoms with E-state index in [1.165, 1.54) is 5.56 Å². The molecule has 0 saturated carbocycles. The van der Waals surface area contributed by atoms with E-state index in [1.54, 1.807) is 0 Å². The van der Waals surface area contributed by atoms with E-state index in [-0.39, 0.29) is 12.0 Å². The molecule has 0 aliphatic rings. The van der Waals surface area contributed by atoms with E-state index in [1.807, 2.05) is 0 Å². The second kappa shape index (κ2) is 7.66. The number of aliphatic hydroxyl groups excluding tert-OH is 1. The second-order valence-electron chi connectivity index (χ2n) is 6.49. The third-order valence-corrected chi connectivity index (χ3v) is 3.80. The highest BCUT2D eigenvalue weighted by molar-refractivity contribution is 5.18. The fourth-order valence-corrected chi connectivity index (χ4v) is 2.39. The molecule has 1 aromatic rings. The molecule has 0 aliphatic carbocycles. The van der Waals surface area contributed by atoms with Crippen molar-refractivity contribution in [1.29, 1.82) is 0 Å². The van der Waals surface area contributed by atoms with Crippen LogP contribution in [0.5, 0.6) is 0 Å². The van der Waals surface area contributed by atoms with Gasteiger partial charge in [-0.05, 0) is 36.3 Å². The topological polar surface area (TPSA) is 32.3 Å². The molecule has 0 saturated heterocycles. The van der Waals surface area contributed by atoms with Crippen molar-refractivity contribution in [2.45, 2.75) is 52.5 Å². The van der Waals surface area contributed by atoms with Crippen LogP contribution in [-0.2, 0) is 0 Å². The Kier molecular flexibility index (Phi) is 6.53. The minimum absolute atomic E-state index is 0.193. The van der Waals surface area contributed by atoms with E-state index >= 15 is 0 Å². The van der Waals surface area contributed by atoms with E-state index < -0.39 is 0 Å². The summed E-state index contributed by atoms with van der Waals surface area (Å²) < 4.78 is 0. The molecule has 1 rings (SSSR count). The van der Waals surface area contributed by atoms with Crippen LogP contribution in [0.3, 0.4) is 0 Å². The highest BCUT2D eigenvalue weighted by Gasteiger charge is 2.23. The first kappa shape index (κ1) is 16.2. The molecule has 0 aromatic heterocycles. The Labute approximate surface area is 118 Å². The van der Waals surface area contributed by atoms with Crippen molar-refractivity contribution >= 4 is 0 Å². The molecule has 0 bridgehead atoms. The summed E-state index contributed by atoms with van der Waals surface area (Å²) in [6.07, 6.45) is 1.95. The van der Waals surface area contributed by atoms with Gasteiger partial charge in [-0.2, -0.15) is 0 Å². The number of hydrogen-bond donors (Lipinski definition) is 2. The highest BCUT2D eigenvalue weighted by atomic mass is 16.3. The second-order valence-corrected chi connectivity index (χ2v) is 6.49. The van der Waals surface area contributed by atoms with Crippen molar-refractivity contribution in [2.24, 2.45) is 5.41 Å². The monoisotopic (exact) mass is 263 g/mol. The zero-order chi connectivity index (χ0) is 14.3. The summed E-state index contributed by atoms with van der Waals surface area (Å²) in [5, 5.41) is 12.7. The third-order valence-electron chi connectivity index (χ3n) is 3.80. The maximum atomic E-state index is 9.15. The lowest BCUT2D eigenvalue weighted by Crippen LogP contribution is -2.41. The molecule has 0 fully saturated rings. The van der Waals surface area contributed by atoms with Crippen molar-refractivity contribution in [2.75, 3.05) is 13.2 Å². The zero-order valence-electron chi connectivity index (χ0n) is 12.8. The molecule has 2 nitrogen and oxygen atoms in total. The van der Waals surface area contributed by atoms with E-state index in [9.17, 15) is 0 Å². The molecule has 0 amide bonds. The Morgan fingerprint density at radius 2 is 1.74 bits per heavy atom. The summed E-state index contributed by atoms with van der Waals surface area (Å²) in [5.41, 5.74) is 1.59. The predicted octanol–water partition coefficient (Wildman–Crippen LogP) is 3.57. The van der Waals surface area contributed by atoms with Gasteiger partial charge < -0.3 is 10.4 Å². The molecule has 2 heteroatoms. The molecule has 0 radical (unpaired) electrons. The molecular formula is C17H29NO. The molecule has 2 N–H and O–H groups in total. The fraction of sp³-hybridized carbons (Fsp3) is 0.647. The van der Waals surface area contributed by atoms with Crippen molar-refractivity contribution < 1.29 is 5.11 Å². The van der Waals surface area contributed by atoms with Crippen LogP contribution < -0.4 is 5.32 Å². The van der Waals surface area contributed by atoms with Crippen LogP contribution in [0.25, 0.3) is 0 Å². The standard InChI is InChI=1S/C17H29NO/c1-14(15-8-6-5-7-9-15)10-12-18-16(11-13-19)17(2,3)4/h5-9,14,16,18-19H,10-13H2,1-4H3. The van der Waals surface area contributed by atoms with Crippen LogP contribution in [0.15, 0.2) is 30.3 Å². The number of benzene rings is 1. The Morgan fingerprint density at radius 1 is 1.11 bits per heavy atom. The van der Waals surface area contributed by atoms with Crippen LogP contribution in [0.4, 0.5) is 0 Å². The van der Waals surface area contributed by atoms with E-state index in [0.29, 0.717) is 12.0 Å². The molecule has 0 heterocycles. The lowest BCUT2D eigenvalue weighted by atomic mass is 9.84. The van der Waals surface area contributed by atoms with Crippen LogP contribution in [0, 0.1) is 5.41 Å². The Bertz CT molecular complexity index is 342. The number of nitrogens with one attached hydrogen (secondary N) is 1. The molecule has 1 aromatic carbocycles. The maximum absolute atomic E-state index is 9.15. The highest BCUT2D eigenvalue weighted by Crippen LogP contribution is 2.22. The van der Waals surface area contributed by atoms with Gasteiger partial charge in [0.05, 0.1) is 0 Å². The Morgan fingerprint density at radius 3 is 2.26 bits per heavy atom.